The molecule has 0 aliphatic carbocycles. The van der Waals surface area contributed by atoms with Gasteiger partial charge in [-0.25, -0.2) is 9.97 Å². The van der Waals surface area contributed by atoms with Crippen LogP contribution in [0.4, 0.5) is 5.69 Å². The van der Waals surface area contributed by atoms with Gasteiger partial charge in [0.15, 0.2) is 0 Å². The first-order chi connectivity index (χ1) is 13.4. The number of rotatable bonds is 4. The zero-order chi connectivity index (χ0) is 18.1. The first kappa shape index (κ1) is 16.7. The predicted octanol–water partition coefficient (Wildman–Crippen LogP) is 4.21. The average Bonchev–Trinajstić information content (AvgIpc) is 3.21. The fraction of sp³-hybridized carbons (Fsp3) is 0.273. The second-order valence-electron chi connectivity index (χ2n) is 7.03. The lowest BCUT2D eigenvalue weighted by atomic mass is 10.2. The molecule has 4 aromatic rings. The van der Waals surface area contributed by atoms with Gasteiger partial charge in [0.25, 0.3) is 0 Å². The third kappa shape index (κ3) is 3.40. The molecule has 1 fully saturated rings. The Morgan fingerprint density at radius 3 is 2.74 bits per heavy atom. The van der Waals surface area contributed by atoms with Gasteiger partial charge >= 0.3 is 0 Å². The highest BCUT2D eigenvalue weighted by Gasteiger charge is 2.19. The number of piperazine rings is 1. The minimum Gasteiger partial charge on any atom is -0.368 e. The molecule has 4 nitrogen and oxygen atoms in total. The molecule has 0 atom stereocenters. The van der Waals surface area contributed by atoms with Gasteiger partial charge in [-0.3, -0.25) is 4.90 Å². The van der Waals surface area contributed by atoms with E-state index in [2.05, 4.69) is 56.6 Å². The average molecular weight is 375 g/mol. The quantitative estimate of drug-likeness (QED) is 0.536. The van der Waals surface area contributed by atoms with Crippen molar-refractivity contribution in [1.82, 2.24) is 14.9 Å². The van der Waals surface area contributed by atoms with Gasteiger partial charge in [-0.1, -0.05) is 24.3 Å². The first-order valence-electron chi connectivity index (χ1n) is 9.51. The number of para-hydroxylation sites is 1. The molecule has 0 N–H and O–H groups in total. The summed E-state index contributed by atoms with van der Waals surface area (Å²) < 4.78 is 1.38. The molecule has 0 amide bonds. The van der Waals surface area contributed by atoms with Gasteiger partial charge in [-0.05, 0) is 29.6 Å². The zero-order valence-electron chi connectivity index (χ0n) is 15.2. The summed E-state index contributed by atoms with van der Waals surface area (Å²) >= 11 is 1.82. The Morgan fingerprint density at radius 2 is 1.81 bits per heavy atom. The summed E-state index contributed by atoms with van der Waals surface area (Å²) in [6.45, 7) is 5.36. The molecule has 5 rings (SSSR count). The van der Waals surface area contributed by atoms with E-state index >= 15 is 0 Å². The SMILES string of the molecule is c1ccc2nc(CCN3CCN(c4cccc5sccc45)CC3)ncc2c1. The van der Waals surface area contributed by atoms with Crippen LogP contribution in [0.1, 0.15) is 5.82 Å². The molecule has 3 heterocycles. The van der Waals surface area contributed by atoms with Crippen LogP contribution in [0.2, 0.25) is 0 Å². The van der Waals surface area contributed by atoms with Crippen molar-refractivity contribution in [2.75, 3.05) is 37.6 Å². The fourth-order valence-electron chi connectivity index (χ4n) is 3.86. The summed E-state index contributed by atoms with van der Waals surface area (Å²) in [5, 5.41) is 4.69. The Hall–Kier alpha value is -2.50. The van der Waals surface area contributed by atoms with Gasteiger partial charge in [0.2, 0.25) is 0 Å². The van der Waals surface area contributed by atoms with E-state index < -0.39 is 0 Å². The van der Waals surface area contributed by atoms with E-state index in [9.17, 15) is 0 Å². The van der Waals surface area contributed by atoms with Crippen molar-refractivity contribution < 1.29 is 0 Å². The molecule has 5 heteroatoms. The van der Waals surface area contributed by atoms with Gasteiger partial charge in [-0.2, -0.15) is 0 Å². The lowest BCUT2D eigenvalue weighted by Crippen LogP contribution is -2.47. The van der Waals surface area contributed by atoms with Gasteiger partial charge in [0, 0.05) is 66.5 Å². The molecule has 1 aliphatic rings. The van der Waals surface area contributed by atoms with Crippen LogP contribution < -0.4 is 4.90 Å². The van der Waals surface area contributed by atoms with E-state index in [1.165, 1.54) is 15.8 Å². The molecule has 136 valence electrons. The predicted molar refractivity (Wildman–Crippen MR) is 114 cm³/mol. The number of aromatic nitrogens is 2. The molecule has 0 radical (unpaired) electrons. The number of nitrogens with zero attached hydrogens (tertiary/aromatic N) is 4. The van der Waals surface area contributed by atoms with Crippen molar-refractivity contribution in [3.63, 3.8) is 0 Å². The zero-order valence-corrected chi connectivity index (χ0v) is 16.0. The maximum atomic E-state index is 4.70. The number of benzene rings is 2. The third-order valence-electron chi connectivity index (χ3n) is 5.38. The van der Waals surface area contributed by atoms with Crippen LogP contribution in [-0.2, 0) is 6.42 Å². The molecule has 2 aromatic carbocycles. The van der Waals surface area contributed by atoms with E-state index in [-0.39, 0.29) is 0 Å². The number of hydrogen-bond acceptors (Lipinski definition) is 5. The number of thiophene rings is 1. The number of fused-ring (bicyclic) bond motifs is 2. The topological polar surface area (TPSA) is 32.3 Å². The second kappa shape index (κ2) is 7.25. The van der Waals surface area contributed by atoms with Crippen molar-refractivity contribution in [3.8, 4) is 0 Å². The van der Waals surface area contributed by atoms with Crippen LogP contribution in [0.15, 0.2) is 60.1 Å². The van der Waals surface area contributed by atoms with Gasteiger partial charge in [0.1, 0.15) is 5.82 Å². The molecular weight excluding hydrogens is 352 g/mol. The van der Waals surface area contributed by atoms with Crippen LogP contribution in [0.5, 0.6) is 0 Å². The van der Waals surface area contributed by atoms with Crippen LogP contribution in [-0.4, -0.2) is 47.6 Å². The number of hydrogen-bond donors (Lipinski definition) is 0. The Kier molecular flexibility index (Phi) is 4.47. The van der Waals surface area contributed by atoms with Gasteiger partial charge < -0.3 is 4.90 Å². The Balaban J connectivity index is 1.21. The standard InChI is InChI=1S/C22H22N4S/c1-2-5-19-17(4-1)16-23-22(24-19)8-10-25-11-13-26(14-12-25)20-6-3-7-21-18(20)9-15-27-21/h1-7,9,15-16H,8,10-14H2. The smallest absolute Gasteiger partial charge is 0.130 e. The van der Waals surface area contributed by atoms with Crippen molar-refractivity contribution >= 4 is 38.0 Å². The Bertz CT molecular complexity index is 1070. The van der Waals surface area contributed by atoms with Crippen LogP contribution >= 0.6 is 11.3 Å². The summed E-state index contributed by atoms with van der Waals surface area (Å²) in [4.78, 5) is 14.3. The molecule has 0 spiro atoms. The van der Waals surface area contributed by atoms with E-state index in [1.807, 2.05) is 29.7 Å². The summed E-state index contributed by atoms with van der Waals surface area (Å²) in [5.41, 5.74) is 2.42. The molecule has 1 saturated heterocycles. The molecule has 0 bridgehead atoms. The summed E-state index contributed by atoms with van der Waals surface area (Å²) in [5.74, 6) is 0.944. The highest BCUT2D eigenvalue weighted by molar-refractivity contribution is 7.17. The normalized spacial score (nSPS) is 15.6. The highest BCUT2D eigenvalue weighted by Crippen LogP contribution is 2.31. The largest absolute Gasteiger partial charge is 0.368 e. The van der Waals surface area contributed by atoms with Crippen molar-refractivity contribution in [2.24, 2.45) is 0 Å². The van der Waals surface area contributed by atoms with Crippen molar-refractivity contribution in [3.05, 3.63) is 65.9 Å². The lowest BCUT2D eigenvalue weighted by Gasteiger charge is -2.36. The molecule has 0 saturated carbocycles. The van der Waals surface area contributed by atoms with E-state index in [0.29, 0.717) is 0 Å². The van der Waals surface area contributed by atoms with Gasteiger partial charge in [0.05, 0.1) is 5.52 Å². The minimum atomic E-state index is 0.908. The monoisotopic (exact) mass is 374 g/mol. The van der Waals surface area contributed by atoms with Crippen LogP contribution in [0.3, 0.4) is 0 Å². The summed E-state index contributed by atoms with van der Waals surface area (Å²) in [6, 6.07) is 17.1. The molecule has 2 aromatic heterocycles. The molecule has 27 heavy (non-hydrogen) atoms. The lowest BCUT2D eigenvalue weighted by molar-refractivity contribution is 0.259. The number of anilines is 1. The molecule has 0 unspecified atom stereocenters. The maximum Gasteiger partial charge on any atom is 0.130 e. The Labute approximate surface area is 163 Å². The second-order valence-corrected chi connectivity index (χ2v) is 7.98. The van der Waals surface area contributed by atoms with Crippen molar-refractivity contribution in [1.29, 1.82) is 0 Å². The van der Waals surface area contributed by atoms with Crippen LogP contribution in [0.25, 0.3) is 21.0 Å². The molecule has 1 aliphatic heterocycles. The summed E-state index contributed by atoms with van der Waals surface area (Å²) in [6.07, 6.45) is 2.85. The van der Waals surface area contributed by atoms with E-state index in [0.717, 1.165) is 55.9 Å². The summed E-state index contributed by atoms with van der Waals surface area (Å²) in [7, 11) is 0. The first-order valence-corrected chi connectivity index (χ1v) is 10.4. The van der Waals surface area contributed by atoms with Crippen molar-refractivity contribution in [2.45, 2.75) is 6.42 Å². The highest BCUT2D eigenvalue weighted by atomic mass is 32.1. The van der Waals surface area contributed by atoms with Crippen LogP contribution in [0, 0.1) is 0 Å². The molecular formula is C22H22N4S. The fourth-order valence-corrected chi connectivity index (χ4v) is 4.66. The maximum absolute atomic E-state index is 4.70. The third-order valence-corrected chi connectivity index (χ3v) is 6.26. The Morgan fingerprint density at radius 1 is 0.926 bits per heavy atom. The van der Waals surface area contributed by atoms with E-state index in [1.54, 1.807) is 0 Å². The van der Waals surface area contributed by atoms with Gasteiger partial charge in [-0.15, -0.1) is 11.3 Å². The minimum absolute atomic E-state index is 0.908. The van der Waals surface area contributed by atoms with E-state index in [4.69, 9.17) is 4.98 Å².